The number of carbonyl (C=O) groups is 1. The summed E-state index contributed by atoms with van der Waals surface area (Å²) in [6.07, 6.45) is 0. The average molecular weight is 376 g/mol. The molecule has 0 saturated carbocycles. The highest BCUT2D eigenvalue weighted by atomic mass is 32.2. The Bertz CT molecular complexity index is 818. The van der Waals surface area contributed by atoms with Crippen molar-refractivity contribution in [1.29, 1.82) is 0 Å². The van der Waals surface area contributed by atoms with Crippen LogP contribution in [0.3, 0.4) is 0 Å². The van der Waals surface area contributed by atoms with Crippen LogP contribution in [0.1, 0.15) is 20.8 Å². The van der Waals surface area contributed by atoms with Crippen molar-refractivity contribution in [3.63, 3.8) is 0 Å². The van der Waals surface area contributed by atoms with Crippen LogP contribution < -0.4 is 14.4 Å². The molecule has 0 unspecified atom stereocenters. The lowest BCUT2D eigenvalue weighted by Gasteiger charge is -2.23. The molecule has 0 aliphatic rings. The van der Waals surface area contributed by atoms with E-state index in [1.807, 2.05) is 19.9 Å². The molecule has 0 atom stereocenters. The fraction of sp³-hybridized carbons (Fsp3) is 0.316. The minimum Gasteiger partial charge on any atom is -0.484 e. The van der Waals surface area contributed by atoms with Gasteiger partial charge in [0.25, 0.3) is 15.9 Å². The lowest BCUT2D eigenvalue weighted by Crippen LogP contribution is -2.34. The lowest BCUT2D eigenvalue weighted by molar-refractivity contribution is -0.123. The Kier molecular flexibility index (Phi) is 6.63. The SMILES string of the molecule is CCN(c1ccccc1)S(=O)(=O)c1ccc(OCC(=O)NC(C)C)cc1. The van der Waals surface area contributed by atoms with Gasteiger partial charge < -0.3 is 10.1 Å². The first kappa shape index (κ1) is 19.8. The van der Waals surface area contributed by atoms with E-state index in [-0.39, 0.29) is 23.5 Å². The topological polar surface area (TPSA) is 75.7 Å². The van der Waals surface area contributed by atoms with Crippen LogP contribution in [0, 0.1) is 0 Å². The van der Waals surface area contributed by atoms with Crippen LogP contribution in [-0.2, 0) is 14.8 Å². The van der Waals surface area contributed by atoms with Gasteiger partial charge >= 0.3 is 0 Å². The van der Waals surface area contributed by atoms with E-state index in [9.17, 15) is 13.2 Å². The van der Waals surface area contributed by atoms with E-state index in [2.05, 4.69) is 5.32 Å². The minimum absolute atomic E-state index is 0.0385. The molecule has 0 fully saturated rings. The standard InChI is InChI=1S/C19H24N2O4S/c1-4-21(16-8-6-5-7-9-16)26(23,24)18-12-10-17(11-13-18)25-14-19(22)20-15(2)3/h5-13,15H,4,14H2,1-3H3,(H,20,22). The Hall–Kier alpha value is -2.54. The van der Waals surface area contributed by atoms with Gasteiger partial charge in [-0.3, -0.25) is 9.10 Å². The summed E-state index contributed by atoms with van der Waals surface area (Å²) in [5, 5.41) is 2.72. The number of hydrogen-bond donors (Lipinski definition) is 1. The summed E-state index contributed by atoms with van der Waals surface area (Å²) in [6, 6.07) is 15.1. The van der Waals surface area contributed by atoms with Gasteiger partial charge in [-0.2, -0.15) is 0 Å². The molecule has 2 rings (SSSR count). The normalized spacial score (nSPS) is 11.2. The Morgan fingerprint density at radius 2 is 1.69 bits per heavy atom. The Labute approximate surface area is 154 Å². The van der Waals surface area contributed by atoms with Crippen molar-refractivity contribution >= 4 is 21.6 Å². The number of rotatable bonds is 8. The van der Waals surface area contributed by atoms with Gasteiger partial charge in [-0.05, 0) is 57.2 Å². The number of sulfonamides is 1. The molecule has 0 saturated heterocycles. The van der Waals surface area contributed by atoms with Crippen LogP contribution in [0.15, 0.2) is 59.5 Å². The molecule has 0 radical (unpaired) electrons. The summed E-state index contributed by atoms with van der Waals surface area (Å²) in [7, 11) is -3.67. The molecule has 26 heavy (non-hydrogen) atoms. The number of benzene rings is 2. The molecule has 2 aromatic carbocycles. The first-order valence-electron chi connectivity index (χ1n) is 8.44. The van der Waals surface area contributed by atoms with Crippen LogP contribution in [0.2, 0.25) is 0 Å². The maximum atomic E-state index is 12.9. The number of carbonyl (C=O) groups excluding carboxylic acids is 1. The van der Waals surface area contributed by atoms with Gasteiger partial charge in [-0.15, -0.1) is 0 Å². The third kappa shape index (κ3) is 4.98. The number of amides is 1. The van der Waals surface area contributed by atoms with Crippen LogP contribution in [0.4, 0.5) is 5.69 Å². The second-order valence-electron chi connectivity index (χ2n) is 5.99. The molecule has 1 amide bonds. The highest BCUT2D eigenvalue weighted by Crippen LogP contribution is 2.24. The van der Waals surface area contributed by atoms with Crippen molar-refractivity contribution in [1.82, 2.24) is 5.32 Å². The number of ether oxygens (including phenoxy) is 1. The zero-order chi connectivity index (χ0) is 19.2. The maximum Gasteiger partial charge on any atom is 0.264 e. The Morgan fingerprint density at radius 3 is 2.23 bits per heavy atom. The van der Waals surface area contributed by atoms with Crippen LogP contribution in [0.25, 0.3) is 0 Å². The van der Waals surface area contributed by atoms with Gasteiger partial charge in [0.2, 0.25) is 0 Å². The minimum atomic E-state index is -3.67. The summed E-state index contributed by atoms with van der Waals surface area (Å²) in [6.45, 7) is 5.72. The van der Waals surface area contributed by atoms with Gasteiger partial charge in [0.1, 0.15) is 5.75 Å². The molecule has 6 nitrogen and oxygen atoms in total. The fourth-order valence-electron chi connectivity index (χ4n) is 2.43. The summed E-state index contributed by atoms with van der Waals surface area (Å²) in [5.41, 5.74) is 0.612. The third-order valence-corrected chi connectivity index (χ3v) is 5.48. The first-order chi connectivity index (χ1) is 12.3. The fourth-order valence-corrected chi connectivity index (χ4v) is 3.91. The maximum absolute atomic E-state index is 12.9. The molecule has 0 bridgehead atoms. The molecular weight excluding hydrogens is 352 g/mol. The molecular formula is C19H24N2O4S. The van der Waals surface area contributed by atoms with E-state index in [4.69, 9.17) is 4.74 Å². The molecule has 0 aliphatic heterocycles. The second kappa shape index (κ2) is 8.71. The number of para-hydroxylation sites is 1. The van der Waals surface area contributed by atoms with E-state index < -0.39 is 10.0 Å². The molecule has 140 valence electrons. The van der Waals surface area contributed by atoms with Crippen molar-refractivity contribution in [2.24, 2.45) is 0 Å². The van der Waals surface area contributed by atoms with E-state index in [1.165, 1.54) is 16.4 Å². The molecule has 7 heteroatoms. The van der Waals surface area contributed by atoms with Crippen LogP contribution in [0.5, 0.6) is 5.75 Å². The largest absolute Gasteiger partial charge is 0.484 e. The molecule has 0 spiro atoms. The molecule has 2 aromatic rings. The average Bonchev–Trinajstić information content (AvgIpc) is 2.61. The zero-order valence-corrected chi connectivity index (χ0v) is 16.0. The van der Waals surface area contributed by atoms with Crippen LogP contribution >= 0.6 is 0 Å². The Balaban J connectivity index is 2.12. The Morgan fingerprint density at radius 1 is 1.08 bits per heavy atom. The second-order valence-corrected chi connectivity index (χ2v) is 7.85. The van der Waals surface area contributed by atoms with Gasteiger partial charge in [-0.1, -0.05) is 18.2 Å². The van der Waals surface area contributed by atoms with Gasteiger partial charge in [0.15, 0.2) is 6.61 Å². The zero-order valence-electron chi connectivity index (χ0n) is 15.2. The lowest BCUT2D eigenvalue weighted by atomic mass is 10.3. The van der Waals surface area contributed by atoms with E-state index in [0.717, 1.165) is 0 Å². The van der Waals surface area contributed by atoms with E-state index in [0.29, 0.717) is 18.0 Å². The van der Waals surface area contributed by atoms with Crippen LogP contribution in [-0.4, -0.2) is 33.5 Å². The third-order valence-electron chi connectivity index (χ3n) is 3.56. The van der Waals surface area contributed by atoms with E-state index in [1.54, 1.807) is 43.3 Å². The molecule has 0 aliphatic carbocycles. The number of nitrogens with zero attached hydrogens (tertiary/aromatic N) is 1. The summed E-state index contributed by atoms with van der Waals surface area (Å²) in [4.78, 5) is 11.8. The summed E-state index contributed by atoms with van der Waals surface area (Å²) >= 11 is 0. The summed E-state index contributed by atoms with van der Waals surface area (Å²) < 4.78 is 32.5. The highest BCUT2D eigenvalue weighted by molar-refractivity contribution is 7.92. The van der Waals surface area contributed by atoms with Crippen molar-refractivity contribution < 1.29 is 17.9 Å². The number of anilines is 1. The van der Waals surface area contributed by atoms with Crippen molar-refractivity contribution in [2.75, 3.05) is 17.5 Å². The van der Waals surface area contributed by atoms with Crippen molar-refractivity contribution in [3.8, 4) is 5.75 Å². The smallest absolute Gasteiger partial charge is 0.264 e. The number of hydrogen-bond acceptors (Lipinski definition) is 4. The quantitative estimate of drug-likeness (QED) is 0.769. The monoisotopic (exact) mass is 376 g/mol. The van der Waals surface area contributed by atoms with Gasteiger partial charge in [-0.25, -0.2) is 8.42 Å². The predicted molar refractivity (Wildman–Crippen MR) is 102 cm³/mol. The van der Waals surface area contributed by atoms with Crippen molar-refractivity contribution in [2.45, 2.75) is 31.7 Å². The first-order valence-corrected chi connectivity index (χ1v) is 9.88. The predicted octanol–water partition coefficient (Wildman–Crippen LogP) is 2.81. The molecule has 0 aromatic heterocycles. The summed E-state index contributed by atoms with van der Waals surface area (Å²) in [5.74, 6) is 0.212. The van der Waals surface area contributed by atoms with Gasteiger partial charge in [0, 0.05) is 12.6 Å². The molecule has 0 heterocycles. The van der Waals surface area contributed by atoms with Crippen molar-refractivity contribution in [3.05, 3.63) is 54.6 Å². The number of nitrogens with one attached hydrogen (secondary N) is 1. The highest BCUT2D eigenvalue weighted by Gasteiger charge is 2.23. The van der Waals surface area contributed by atoms with E-state index >= 15 is 0 Å². The van der Waals surface area contributed by atoms with Gasteiger partial charge in [0.05, 0.1) is 10.6 Å². The molecule has 1 N–H and O–H groups in total.